The fourth-order valence-corrected chi connectivity index (χ4v) is 4.45. The van der Waals surface area contributed by atoms with Crippen LogP contribution in [0.15, 0.2) is 66.7 Å². The van der Waals surface area contributed by atoms with Crippen LogP contribution >= 0.6 is 0 Å². The van der Waals surface area contributed by atoms with Gasteiger partial charge in [-0.25, -0.2) is 4.79 Å². The summed E-state index contributed by atoms with van der Waals surface area (Å²) < 4.78 is 22.1. The summed E-state index contributed by atoms with van der Waals surface area (Å²) in [7, 11) is 4.40. The van der Waals surface area contributed by atoms with Gasteiger partial charge in [0.15, 0.2) is 11.5 Å². The minimum absolute atomic E-state index is 0.00809. The number of rotatable bonds is 15. The minimum atomic E-state index is -1.18. The zero-order valence-corrected chi connectivity index (χ0v) is 25.0. The molecule has 0 aliphatic heterocycles. The Bertz CT molecular complexity index is 1370. The Morgan fingerprint density at radius 3 is 1.95 bits per heavy atom. The number of carboxylic acid groups (broad SMARTS) is 1. The van der Waals surface area contributed by atoms with E-state index in [4.69, 9.17) is 24.7 Å². The molecule has 3 aromatic rings. The third-order valence-electron chi connectivity index (χ3n) is 6.70. The maximum absolute atomic E-state index is 13.4. The molecule has 5 N–H and O–H groups in total. The molecule has 2 amide bonds. The molecule has 0 aliphatic rings. The number of hydrogen-bond acceptors (Lipinski definition) is 8. The first-order chi connectivity index (χ1) is 20.6. The smallest absolute Gasteiger partial charge is 0.326 e. The highest BCUT2D eigenvalue weighted by molar-refractivity contribution is 5.92. The van der Waals surface area contributed by atoms with Crippen LogP contribution in [0.2, 0.25) is 0 Å². The lowest BCUT2D eigenvalue weighted by Gasteiger charge is -2.25. The number of aliphatic carboxylic acids is 1. The van der Waals surface area contributed by atoms with Gasteiger partial charge in [-0.15, -0.1) is 0 Å². The zero-order chi connectivity index (χ0) is 31.5. The number of nitrogens with one attached hydrogen (secondary N) is 2. The van der Waals surface area contributed by atoms with Crippen molar-refractivity contribution in [2.45, 2.75) is 44.8 Å². The monoisotopic (exact) mass is 593 g/mol. The molecule has 3 atom stereocenters. The number of carbonyl (C=O) groups excluding carboxylic acids is 2. The van der Waals surface area contributed by atoms with Gasteiger partial charge in [-0.05, 0) is 59.9 Å². The van der Waals surface area contributed by atoms with Gasteiger partial charge in [0.25, 0.3) is 0 Å². The van der Waals surface area contributed by atoms with Gasteiger partial charge in [0, 0.05) is 6.42 Å². The predicted octanol–water partition coefficient (Wildman–Crippen LogP) is 3.33. The molecule has 0 fully saturated rings. The molecule has 3 aromatic carbocycles. The molecule has 43 heavy (non-hydrogen) atoms. The molecular weight excluding hydrogens is 554 g/mol. The van der Waals surface area contributed by atoms with Gasteiger partial charge < -0.3 is 40.4 Å². The average Bonchev–Trinajstić information content (AvgIpc) is 2.99. The molecule has 0 aliphatic carbocycles. The van der Waals surface area contributed by atoms with Crippen LogP contribution in [0.3, 0.4) is 0 Å². The van der Waals surface area contributed by atoms with Crippen LogP contribution in [0.4, 0.5) is 0 Å². The highest BCUT2D eigenvalue weighted by atomic mass is 16.5. The second kappa shape index (κ2) is 15.5. The fourth-order valence-electron chi connectivity index (χ4n) is 4.45. The first-order valence-corrected chi connectivity index (χ1v) is 13.8. The SMILES string of the molecule is COc1cc(C[C@H](NC(=O)[C@@H](N)Cc2cccc(Oc3ccccc3)c2)C(=O)N[C@H](C(=O)O)C(C)C)cc(OC)c1OC. The molecule has 11 heteroatoms. The first kappa shape index (κ1) is 32.7. The largest absolute Gasteiger partial charge is 0.493 e. The van der Waals surface area contributed by atoms with Gasteiger partial charge in [0.2, 0.25) is 17.6 Å². The van der Waals surface area contributed by atoms with E-state index in [9.17, 15) is 19.5 Å². The lowest BCUT2D eigenvalue weighted by Crippen LogP contribution is -2.56. The third kappa shape index (κ3) is 9.11. The van der Waals surface area contributed by atoms with E-state index in [0.717, 1.165) is 5.56 Å². The van der Waals surface area contributed by atoms with E-state index < -0.39 is 41.8 Å². The van der Waals surface area contributed by atoms with Crippen LogP contribution in [0, 0.1) is 5.92 Å². The van der Waals surface area contributed by atoms with Crippen molar-refractivity contribution in [1.29, 1.82) is 0 Å². The Morgan fingerprint density at radius 1 is 0.767 bits per heavy atom. The lowest BCUT2D eigenvalue weighted by molar-refractivity contribution is -0.143. The molecule has 0 heterocycles. The normalized spacial score (nSPS) is 12.9. The van der Waals surface area contributed by atoms with Gasteiger partial charge >= 0.3 is 5.97 Å². The second-order valence-corrected chi connectivity index (χ2v) is 10.2. The van der Waals surface area contributed by atoms with Crippen LogP contribution < -0.4 is 35.3 Å². The van der Waals surface area contributed by atoms with Crippen molar-refractivity contribution in [1.82, 2.24) is 10.6 Å². The lowest BCUT2D eigenvalue weighted by atomic mass is 10.00. The van der Waals surface area contributed by atoms with Crippen LogP contribution in [-0.2, 0) is 27.2 Å². The number of ether oxygens (including phenoxy) is 4. The summed E-state index contributed by atoms with van der Waals surface area (Å²) in [6, 6.07) is 16.5. The van der Waals surface area contributed by atoms with Gasteiger partial charge in [-0.2, -0.15) is 0 Å². The van der Waals surface area contributed by atoms with E-state index in [2.05, 4.69) is 10.6 Å². The van der Waals surface area contributed by atoms with E-state index >= 15 is 0 Å². The Balaban J connectivity index is 1.82. The van der Waals surface area contributed by atoms with Crippen LogP contribution in [-0.4, -0.2) is 62.3 Å². The summed E-state index contributed by atoms with van der Waals surface area (Å²) in [5.41, 5.74) is 7.62. The second-order valence-electron chi connectivity index (χ2n) is 10.2. The van der Waals surface area contributed by atoms with Crippen LogP contribution in [0.1, 0.15) is 25.0 Å². The van der Waals surface area contributed by atoms with Crippen molar-refractivity contribution in [3.63, 3.8) is 0 Å². The van der Waals surface area contributed by atoms with Crippen molar-refractivity contribution in [2.24, 2.45) is 11.7 Å². The summed E-state index contributed by atoms with van der Waals surface area (Å²) in [5.74, 6) is -0.489. The molecule has 3 rings (SSSR count). The third-order valence-corrected chi connectivity index (χ3v) is 6.70. The standard InChI is InChI=1S/C32H39N3O8/c1-19(2)28(32(38)39)35-31(37)25(16-21-17-26(40-3)29(42-5)27(18-21)41-4)34-30(36)24(33)15-20-10-9-13-23(14-20)43-22-11-7-6-8-12-22/h6-14,17-19,24-25,28H,15-16,33H2,1-5H3,(H,34,36)(H,35,37)(H,38,39)/t24-,25-,28-/m0/s1. The summed E-state index contributed by atoms with van der Waals surface area (Å²) in [4.78, 5) is 38.5. The van der Waals surface area contributed by atoms with Gasteiger partial charge in [-0.1, -0.05) is 44.2 Å². The summed E-state index contributed by atoms with van der Waals surface area (Å²) >= 11 is 0. The van der Waals surface area contributed by atoms with Crippen molar-refractivity contribution in [2.75, 3.05) is 21.3 Å². The molecular formula is C32H39N3O8. The van der Waals surface area contributed by atoms with Crippen molar-refractivity contribution >= 4 is 17.8 Å². The molecule has 0 bridgehead atoms. The summed E-state index contributed by atoms with van der Waals surface area (Å²) in [5, 5.41) is 14.9. The van der Waals surface area contributed by atoms with Crippen LogP contribution in [0.25, 0.3) is 0 Å². The Kier molecular flexibility index (Phi) is 11.8. The van der Waals surface area contributed by atoms with Gasteiger partial charge in [0.05, 0.1) is 27.4 Å². The average molecular weight is 594 g/mol. The number of nitrogens with two attached hydrogens (primary N) is 1. The number of carbonyl (C=O) groups is 3. The van der Waals surface area contributed by atoms with Gasteiger partial charge in [0.1, 0.15) is 23.6 Å². The maximum atomic E-state index is 13.4. The van der Waals surface area contributed by atoms with E-state index in [1.54, 1.807) is 44.2 Å². The first-order valence-electron chi connectivity index (χ1n) is 13.8. The predicted molar refractivity (Wildman–Crippen MR) is 161 cm³/mol. The molecule has 0 aromatic heterocycles. The molecule has 11 nitrogen and oxygen atoms in total. The van der Waals surface area contributed by atoms with Crippen LogP contribution in [0.5, 0.6) is 28.7 Å². The Labute approximate surface area is 251 Å². The number of para-hydroxylation sites is 1. The summed E-state index contributed by atoms with van der Waals surface area (Å²) in [6.07, 6.45) is 0.159. The zero-order valence-electron chi connectivity index (χ0n) is 25.0. The number of methoxy groups -OCH3 is 3. The Morgan fingerprint density at radius 2 is 1.40 bits per heavy atom. The van der Waals surface area contributed by atoms with E-state index in [-0.39, 0.29) is 12.8 Å². The minimum Gasteiger partial charge on any atom is -0.493 e. The van der Waals surface area contributed by atoms with Crippen molar-refractivity contribution in [3.05, 3.63) is 77.9 Å². The molecule has 0 unspecified atom stereocenters. The van der Waals surface area contributed by atoms with Crippen molar-refractivity contribution < 1.29 is 38.4 Å². The molecule has 0 spiro atoms. The van der Waals surface area contributed by atoms with Gasteiger partial charge in [-0.3, -0.25) is 9.59 Å². The number of hydrogen-bond donors (Lipinski definition) is 4. The topological polar surface area (TPSA) is 158 Å². The molecule has 0 radical (unpaired) electrons. The maximum Gasteiger partial charge on any atom is 0.326 e. The van der Waals surface area contributed by atoms with E-state index in [0.29, 0.717) is 34.3 Å². The van der Waals surface area contributed by atoms with Crippen molar-refractivity contribution in [3.8, 4) is 28.7 Å². The highest BCUT2D eigenvalue weighted by Gasteiger charge is 2.30. The summed E-state index contributed by atoms with van der Waals surface area (Å²) in [6.45, 7) is 3.36. The van der Waals surface area contributed by atoms with E-state index in [1.165, 1.54) is 21.3 Å². The fraction of sp³-hybridized carbons (Fsp3) is 0.344. The molecule has 0 saturated carbocycles. The number of benzene rings is 3. The number of amides is 2. The Hall–Kier alpha value is -4.77. The number of carboxylic acids is 1. The molecule has 0 saturated heterocycles. The highest BCUT2D eigenvalue weighted by Crippen LogP contribution is 2.38. The molecule has 230 valence electrons. The van der Waals surface area contributed by atoms with E-state index in [1.807, 2.05) is 36.4 Å². The quantitative estimate of drug-likeness (QED) is 0.207.